The summed E-state index contributed by atoms with van der Waals surface area (Å²) in [5.41, 5.74) is 3.82. The van der Waals surface area contributed by atoms with Crippen LogP contribution in [-0.4, -0.2) is 22.8 Å². The van der Waals surface area contributed by atoms with Crippen LogP contribution in [0.25, 0.3) is 6.08 Å². The number of aromatic nitrogens is 2. The summed E-state index contributed by atoms with van der Waals surface area (Å²) in [6.45, 7) is 4.25. The maximum Gasteiger partial charge on any atom is 0.266 e. The van der Waals surface area contributed by atoms with Gasteiger partial charge in [0, 0.05) is 22.0 Å². The van der Waals surface area contributed by atoms with Crippen LogP contribution in [0.4, 0.5) is 5.69 Å². The van der Waals surface area contributed by atoms with E-state index in [4.69, 9.17) is 16.3 Å². The van der Waals surface area contributed by atoms with Crippen LogP contribution in [0.2, 0.25) is 5.02 Å². The highest BCUT2D eigenvalue weighted by molar-refractivity contribution is 6.31. The van der Waals surface area contributed by atoms with E-state index >= 15 is 0 Å². The number of nitrogens with one attached hydrogen (secondary N) is 1. The monoisotopic (exact) mass is 420 g/mol. The number of rotatable bonds is 6. The molecule has 0 radical (unpaired) electrons. The van der Waals surface area contributed by atoms with Crippen molar-refractivity contribution in [2.24, 2.45) is 0 Å². The van der Waals surface area contributed by atoms with Crippen LogP contribution in [0.5, 0.6) is 5.75 Å². The molecule has 3 aromatic rings. The molecule has 0 unspecified atom stereocenters. The Morgan fingerprint density at radius 1 is 1.23 bits per heavy atom. The minimum absolute atomic E-state index is 0.00527. The zero-order valence-electron chi connectivity index (χ0n) is 16.9. The summed E-state index contributed by atoms with van der Waals surface area (Å²) in [6.07, 6.45) is 1.57. The molecule has 6 nitrogen and oxygen atoms in total. The molecule has 0 fully saturated rings. The van der Waals surface area contributed by atoms with Gasteiger partial charge in [0.05, 0.1) is 19.3 Å². The molecule has 1 aromatic heterocycles. The summed E-state index contributed by atoms with van der Waals surface area (Å²) in [4.78, 5) is 12.6. The molecular weight excluding hydrogens is 400 g/mol. The number of benzene rings is 2. The van der Waals surface area contributed by atoms with Crippen LogP contribution in [0.15, 0.2) is 54.1 Å². The van der Waals surface area contributed by atoms with E-state index in [0.717, 1.165) is 22.5 Å². The second kappa shape index (κ2) is 9.29. The Morgan fingerprint density at radius 2 is 1.93 bits per heavy atom. The number of carbonyl (C=O) groups is 1. The molecule has 0 spiro atoms. The van der Waals surface area contributed by atoms with Gasteiger partial charge < -0.3 is 10.1 Å². The maximum absolute atomic E-state index is 12.6. The number of anilines is 1. The Hall–Kier alpha value is -3.56. The van der Waals surface area contributed by atoms with Crippen LogP contribution in [0, 0.1) is 25.2 Å². The summed E-state index contributed by atoms with van der Waals surface area (Å²) in [6, 6.07) is 16.4. The number of aryl methyl sites for hydroxylation is 1. The largest absolute Gasteiger partial charge is 0.497 e. The summed E-state index contributed by atoms with van der Waals surface area (Å²) in [5.74, 6) is 0.196. The second-order valence-electron chi connectivity index (χ2n) is 6.69. The van der Waals surface area contributed by atoms with Crippen LogP contribution in [-0.2, 0) is 11.3 Å². The number of nitriles is 1. The van der Waals surface area contributed by atoms with Gasteiger partial charge in [0.2, 0.25) is 0 Å². The fourth-order valence-electron chi connectivity index (χ4n) is 3.03. The molecule has 0 atom stereocenters. The van der Waals surface area contributed by atoms with E-state index < -0.39 is 5.91 Å². The fourth-order valence-corrected chi connectivity index (χ4v) is 3.22. The summed E-state index contributed by atoms with van der Waals surface area (Å²) in [7, 11) is 1.57. The predicted octanol–water partition coefficient (Wildman–Crippen LogP) is 4.76. The number of ether oxygens (including phenoxy) is 1. The molecule has 7 heteroatoms. The van der Waals surface area contributed by atoms with Crippen molar-refractivity contribution in [3.63, 3.8) is 0 Å². The Balaban J connectivity index is 1.84. The molecule has 0 aliphatic carbocycles. The van der Waals surface area contributed by atoms with Crippen LogP contribution in [0.1, 0.15) is 22.5 Å². The van der Waals surface area contributed by atoms with E-state index in [9.17, 15) is 10.1 Å². The summed E-state index contributed by atoms with van der Waals surface area (Å²) < 4.78 is 6.92. The first-order valence-corrected chi connectivity index (χ1v) is 9.65. The van der Waals surface area contributed by atoms with Crippen molar-refractivity contribution in [3.05, 3.63) is 81.6 Å². The first-order chi connectivity index (χ1) is 14.4. The number of hydrogen-bond acceptors (Lipinski definition) is 4. The van der Waals surface area contributed by atoms with Crippen molar-refractivity contribution >= 4 is 29.3 Å². The smallest absolute Gasteiger partial charge is 0.266 e. The van der Waals surface area contributed by atoms with Gasteiger partial charge in [-0.1, -0.05) is 29.8 Å². The van der Waals surface area contributed by atoms with Gasteiger partial charge in [0.15, 0.2) is 0 Å². The van der Waals surface area contributed by atoms with E-state index in [0.29, 0.717) is 23.0 Å². The molecule has 0 saturated heterocycles. The Morgan fingerprint density at radius 3 is 2.57 bits per heavy atom. The van der Waals surface area contributed by atoms with Crippen LogP contribution >= 0.6 is 11.6 Å². The molecule has 0 bridgehead atoms. The third-order valence-electron chi connectivity index (χ3n) is 4.72. The van der Waals surface area contributed by atoms with E-state index in [1.807, 2.05) is 48.9 Å². The third-order valence-corrected chi connectivity index (χ3v) is 5.09. The number of hydrogen-bond donors (Lipinski definition) is 1. The number of amides is 1. The van der Waals surface area contributed by atoms with Crippen molar-refractivity contribution in [1.82, 2.24) is 9.78 Å². The first kappa shape index (κ1) is 21.2. The van der Waals surface area contributed by atoms with E-state index in [1.165, 1.54) is 0 Å². The average Bonchev–Trinajstić information content (AvgIpc) is 3.01. The highest BCUT2D eigenvalue weighted by Crippen LogP contribution is 2.22. The molecule has 30 heavy (non-hydrogen) atoms. The molecule has 0 aliphatic heterocycles. The molecule has 2 aromatic carbocycles. The predicted molar refractivity (Wildman–Crippen MR) is 117 cm³/mol. The lowest BCUT2D eigenvalue weighted by Crippen LogP contribution is -2.13. The van der Waals surface area contributed by atoms with Crippen molar-refractivity contribution < 1.29 is 9.53 Å². The van der Waals surface area contributed by atoms with Gasteiger partial charge in [-0.2, -0.15) is 10.4 Å². The molecule has 0 aliphatic rings. The zero-order chi connectivity index (χ0) is 21.7. The number of halogens is 1. The molecular formula is C23H21ClN4O2. The lowest BCUT2D eigenvalue weighted by Gasteiger charge is -2.07. The third kappa shape index (κ3) is 4.70. The minimum atomic E-state index is -0.486. The van der Waals surface area contributed by atoms with Gasteiger partial charge in [-0.15, -0.1) is 0 Å². The fraction of sp³-hybridized carbons (Fsp3) is 0.174. The van der Waals surface area contributed by atoms with Gasteiger partial charge in [0.1, 0.15) is 17.4 Å². The van der Waals surface area contributed by atoms with Crippen molar-refractivity contribution in [3.8, 4) is 11.8 Å². The summed E-state index contributed by atoms with van der Waals surface area (Å²) in [5, 5.41) is 17.5. The Kier molecular flexibility index (Phi) is 6.55. The Bertz CT molecular complexity index is 1140. The molecule has 3 rings (SSSR count). The topological polar surface area (TPSA) is 79.9 Å². The van der Waals surface area contributed by atoms with Gasteiger partial charge in [-0.25, -0.2) is 0 Å². The SMILES string of the molecule is COc1ccc(NC(=O)/C(C#N)=C/c2c(C)nn(Cc3ccccc3Cl)c2C)cc1. The normalized spacial score (nSPS) is 11.1. The standard InChI is InChI=1S/C23H21ClN4O2/c1-15-21(16(2)28(27-15)14-17-6-4-5-7-22(17)24)12-18(13-25)23(29)26-19-8-10-20(30-3)11-9-19/h4-12H,14H2,1-3H3,(H,26,29)/b18-12+. The van der Waals surface area contributed by atoms with Crippen LogP contribution in [0.3, 0.4) is 0 Å². The lowest BCUT2D eigenvalue weighted by molar-refractivity contribution is -0.112. The number of nitrogens with zero attached hydrogens (tertiary/aromatic N) is 3. The van der Waals surface area contributed by atoms with Crippen molar-refractivity contribution in [2.45, 2.75) is 20.4 Å². The molecule has 1 N–H and O–H groups in total. The summed E-state index contributed by atoms with van der Waals surface area (Å²) >= 11 is 6.26. The number of methoxy groups -OCH3 is 1. The highest BCUT2D eigenvalue weighted by Gasteiger charge is 2.15. The van der Waals surface area contributed by atoms with Gasteiger partial charge in [-0.05, 0) is 55.8 Å². The van der Waals surface area contributed by atoms with Crippen molar-refractivity contribution in [2.75, 3.05) is 12.4 Å². The minimum Gasteiger partial charge on any atom is -0.497 e. The van der Waals surface area contributed by atoms with Gasteiger partial charge in [0.25, 0.3) is 5.91 Å². The molecule has 0 saturated carbocycles. The average molecular weight is 421 g/mol. The quantitative estimate of drug-likeness (QED) is 0.460. The van der Waals surface area contributed by atoms with E-state index in [2.05, 4.69) is 10.4 Å². The van der Waals surface area contributed by atoms with Gasteiger partial charge in [-0.3, -0.25) is 9.48 Å². The van der Waals surface area contributed by atoms with Gasteiger partial charge >= 0.3 is 0 Å². The van der Waals surface area contributed by atoms with E-state index in [-0.39, 0.29) is 5.57 Å². The lowest BCUT2D eigenvalue weighted by atomic mass is 10.1. The zero-order valence-corrected chi connectivity index (χ0v) is 17.7. The molecule has 1 amide bonds. The molecule has 1 heterocycles. The number of carbonyl (C=O) groups excluding carboxylic acids is 1. The maximum atomic E-state index is 12.6. The molecule has 152 valence electrons. The second-order valence-corrected chi connectivity index (χ2v) is 7.09. The van der Waals surface area contributed by atoms with Crippen LogP contribution < -0.4 is 10.1 Å². The van der Waals surface area contributed by atoms with E-state index in [1.54, 1.807) is 37.5 Å². The van der Waals surface area contributed by atoms with Crippen molar-refractivity contribution in [1.29, 1.82) is 5.26 Å². The Labute approximate surface area is 180 Å². The first-order valence-electron chi connectivity index (χ1n) is 9.27. The highest BCUT2D eigenvalue weighted by atomic mass is 35.5.